The monoisotopic (exact) mass is 345 g/mol. The van der Waals surface area contributed by atoms with Crippen LogP contribution in [0.5, 0.6) is 0 Å². The van der Waals surface area contributed by atoms with Crippen molar-refractivity contribution in [3.05, 3.63) is 59.7 Å². The van der Waals surface area contributed by atoms with Crippen molar-refractivity contribution in [2.45, 2.75) is 17.7 Å². The number of anilines is 1. The van der Waals surface area contributed by atoms with E-state index in [1.165, 1.54) is 7.11 Å². The first-order chi connectivity index (χ1) is 10.7. The minimum absolute atomic E-state index is 0.200. The van der Waals surface area contributed by atoms with Gasteiger partial charge < -0.3 is 4.74 Å². The fourth-order valence-electron chi connectivity index (χ4n) is 1.93. The molecule has 0 atom stereocenters. The standard InChI is InChI=1S/C15H14F3NO3S/c1-22-10-11-4-2-3-5-14(11)19-23(20,21)13-8-6-12(7-9-13)15(16,17)18/h2-9,19H,10H2,1H3. The van der Waals surface area contributed by atoms with Crippen molar-refractivity contribution < 1.29 is 26.3 Å². The van der Waals surface area contributed by atoms with Gasteiger partial charge in [-0.05, 0) is 30.3 Å². The third kappa shape index (κ3) is 4.23. The van der Waals surface area contributed by atoms with Crippen molar-refractivity contribution >= 4 is 15.7 Å². The highest BCUT2D eigenvalue weighted by Crippen LogP contribution is 2.30. The second-order valence-electron chi connectivity index (χ2n) is 4.72. The van der Waals surface area contributed by atoms with Gasteiger partial charge in [0.05, 0.1) is 22.8 Å². The smallest absolute Gasteiger partial charge is 0.380 e. The summed E-state index contributed by atoms with van der Waals surface area (Å²) < 4.78 is 69.5. The predicted molar refractivity (Wildman–Crippen MR) is 79.4 cm³/mol. The number of ether oxygens (including phenoxy) is 1. The van der Waals surface area contributed by atoms with Crippen LogP contribution < -0.4 is 4.72 Å². The molecule has 0 heterocycles. The largest absolute Gasteiger partial charge is 0.416 e. The zero-order valence-electron chi connectivity index (χ0n) is 12.1. The van der Waals surface area contributed by atoms with Gasteiger partial charge in [-0.2, -0.15) is 13.2 Å². The van der Waals surface area contributed by atoms with Crippen molar-refractivity contribution in [2.75, 3.05) is 11.8 Å². The number of sulfonamides is 1. The third-order valence-corrected chi connectivity index (χ3v) is 4.43. The maximum absolute atomic E-state index is 12.5. The van der Waals surface area contributed by atoms with Gasteiger partial charge in [-0.3, -0.25) is 4.72 Å². The molecular weight excluding hydrogens is 331 g/mol. The lowest BCUT2D eigenvalue weighted by atomic mass is 10.2. The van der Waals surface area contributed by atoms with Crippen molar-refractivity contribution in [2.24, 2.45) is 0 Å². The summed E-state index contributed by atoms with van der Waals surface area (Å²) in [5, 5.41) is 0. The van der Waals surface area contributed by atoms with Gasteiger partial charge in [0.15, 0.2) is 0 Å². The molecule has 2 rings (SSSR count). The molecule has 2 aromatic rings. The first-order valence-corrected chi connectivity index (χ1v) is 7.99. The molecule has 4 nitrogen and oxygen atoms in total. The Morgan fingerprint density at radius 3 is 2.22 bits per heavy atom. The lowest BCUT2D eigenvalue weighted by molar-refractivity contribution is -0.137. The van der Waals surface area contributed by atoms with Crippen LogP contribution in [0, 0.1) is 0 Å². The third-order valence-electron chi connectivity index (χ3n) is 3.05. The average molecular weight is 345 g/mol. The normalized spacial score (nSPS) is 12.2. The number of nitrogens with one attached hydrogen (secondary N) is 1. The van der Waals surface area contributed by atoms with Crippen LogP contribution in [0.3, 0.4) is 0 Å². The van der Waals surface area contributed by atoms with Crippen molar-refractivity contribution in [3.63, 3.8) is 0 Å². The number of alkyl halides is 3. The Kier molecular flexibility index (Phi) is 4.96. The number of rotatable bonds is 5. The van der Waals surface area contributed by atoms with Gasteiger partial charge in [0.25, 0.3) is 10.0 Å². The number of halogens is 3. The summed E-state index contributed by atoms with van der Waals surface area (Å²) in [6.07, 6.45) is -4.51. The fourth-order valence-corrected chi connectivity index (χ4v) is 3.03. The van der Waals surface area contributed by atoms with Gasteiger partial charge >= 0.3 is 6.18 Å². The first kappa shape index (κ1) is 17.3. The number of hydrogen-bond donors (Lipinski definition) is 1. The van der Waals surface area contributed by atoms with E-state index < -0.39 is 21.8 Å². The Morgan fingerprint density at radius 1 is 1.04 bits per heavy atom. The van der Waals surface area contributed by atoms with E-state index in [-0.39, 0.29) is 11.5 Å². The molecule has 0 amide bonds. The van der Waals surface area contributed by atoms with E-state index in [1.807, 2.05) is 0 Å². The van der Waals surface area contributed by atoms with Crippen molar-refractivity contribution in [1.82, 2.24) is 0 Å². The molecule has 0 aliphatic carbocycles. The van der Waals surface area contributed by atoms with E-state index in [2.05, 4.69) is 4.72 Å². The van der Waals surface area contributed by atoms with Gasteiger partial charge in [0, 0.05) is 12.7 Å². The lowest BCUT2D eigenvalue weighted by Crippen LogP contribution is -2.15. The molecule has 1 N–H and O–H groups in total. The maximum Gasteiger partial charge on any atom is 0.416 e. The summed E-state index contributed by atoms with van der Waals surface area (Å²) in [5.41, 5.74) is 0.0240. The first-order valence-electron chi connectivity index (χ1n) is 6.51. The quantitative estimate of drug-likeness (QED) is 0.900. The number of benzene rings is 2. The molecule has 0 saturated heterocycles. The molecule has 23 heavy (non-hydrogen) atoms. The molecule has 0 spiro atoms. The molecule has 2 aromatic carbocycles. The maximum atomic E-state index is 12.5. The predicted octanol–water partition coefficient (Wildman–Crippen LogP) is 3.65. The van der Waals surface area contributed by atoms with Crippen LogP contribution in [0.1, 0.15) is 11.1 Å². The molecule has 0 aliphatic heterocycles. The van der Waals surface area contributed by atoms with Crippen LogP contribution >= 0.6 is 0 Å². The van der Waals surface area contributed by atoms with E-state index >= 15 is 0 Å². The summed E-state index contributed by atoms with van der Waals surface area (Å²) in [5.74, 6) is 0. The van der Waals surface area contributed by atoms with Gasteiger partial charge in [0.2, 0.25) is 0 Å². The molecular formula is C15H14F3NO3S. The van der Waals surface area contributed by atoms with E-state index in [0.29, 0.717) is 11.3 Å². The highest BCUT2D eigenvalue weighted by atomic mass is 32.2. The number of methoxy groups -OCH3 is 1. The molecule has 0 fully saturated rings. The van der Waals surface area contributed by atoms with Gasteiger partial charge in [-0.1, -0.05) is 18.2 Å². The fraction of sp³-hybridized carbons (Fsp3) is 0.200. The summed E-state index contributed by atoms with van der Waals surface area (Å²) in [4.78, 5) is -0.252. The molecule has 0 aliphatic rings. The Morgan fingerprint density at radius 2 is 1.65 bits per heavy atom. The molecule has 0 unspecified atom stereocenters. The lowest BCUT2D eigenvalue weighted by Gasteiger charge is -2.13. The number of hydrogen-bond acceptors (Lipinski definition) is 3. The zero-order valence-corrected chi connectivity index (χ0v) is 12.9. The van der Waals surface area contributed by atoms with Crippen LogP contribution in [0.4, 0.5) is 18.9 Å². The second-order valence-corrected chi connectivity index (χ2v) is 6.40. The van der Waals surface area contributed by atoms with Crippen LogP contribution in [-0.4, -0.2) is 15.5 Å². The topological polar surface area (TPSA) is 55.4 Å². The molecule has 0 radical (unpaired) electrons. The van der Waals surface area contributed by atoms with Gasteiger partial charge in [-0.15, -0.1) is 0 Å². The summed E-state index contributed by atoms with van der Waals surface area (Å²) in [6, 6.07) is 9.91. The minimum atomic E-state index is -4.51. The molecule has 0 bridgehead atoms. The molecule has 0 aromatic heterocycles. The average Bonchev–Trinajstić information content (AvgIpc) is 2.48. The van der Waals surface area contributed by atoms with E-state index in [4.69, 9.17) is 4.74 Å². The van der Waals surface area contributed by atoms with E-state index in [9.17, 15) is 21.6 Å². The summed E-state index contributed by atoms with van der Waals surface area (Å²) in [6.45, 7) is 0.200. The number of para-hydroxylation sites is 1. The molecule has 8 heteroatoms. The van der Waals surface area contributed by atoms with E-state index in [1.54, 1.807) is 24.3 Å². The minimum Gasteiger partial charge on any atom is -0.380 e. The second kappa shape index (κ2) is 6.59. The summed E-state index contributed by atoms with van der Waals surface area (Å²) in [7, 11) is -2.52. The summed E-state index contributed by atoms with van der Waals surface area (Å²) >= 11 is 0. The highest BCUT2D eigenvalue weighted by molar-refractivity contribution is 7.92. The van der Waals surface area contributed by atoms with Gasteiger partial charge in [-0.25, -0.2) is 8.42 Å². The Hall–Kier alpha value is -2.06. The van der Waals surface area contributed by atoms with Gasteiger partial charge in [0.1, 0.15) is 0 Å². The van der Waals surface area contributed by atoms with Crippen LogP contribution in [0.15, 0.2) is 53.4 Å². The van der Waals surface area contributed by atoms with Crippen LogP contribution in [0.2, 0.25) is 0 Å². The van der Waals surface area contributed by atoms with E-state index in [0.717, 1.165) is 24.3 Å². The highest BCUT2D eigenvalue weighted by Gasteiger charge is 2.30. The van der Waals surface area contributed by atoms with Crippen molar-refractivity contribution in [1.29, 1.82) is 0 Å². The van der Waals surface area contributed by atoms with Crippen molar-refractivity contribution in [3.8, 4) is 0 Å². The Balaban J connectivity index is 2.29. The molecule has 0 saturated carbocycles. The van der Waals surface area contributed by atoms with Crippen LogP contribution in [0.25, 0.3) is 0 Å². The molecule has 124 valence electrons. The Labute approximate surface area is 132 Å². The Bertz CT molecular complexity index is 771. The zero-order chi connectivity index (χ0) is 17.1. The van der Waals surface area contributed by atoms with Crippen LogP contribution in [-0.2, 0) is 27.5 Å². The SMILES string of the molecule is COCc1ccccc1NS(=O)(=O)c1ccc(C(F)(F)F)cc1.